The van der Waals surface area contributed by atoms with Crippen molar-refractivity contribution < 1.29 is 24.2 Å². The minimum Gasteiger partial charge on any atom is -0.496 e. The van der Waals surface area contributed by atoms with Crippen LogP contribution >= 0.6 is 0 Å². The van der Waals surface area contributed by atoms with E-state index >= 15 is 0 Å². The lowest BCUT2D eigenvalue weighted by Gasteiger charge is -2.25. The molecule has 1 aliphatic heterocycles. The molecular formula is C25H28N4O5. The van der Waals surface area contributed by atoms with Crippen molar-refractivity contribution in [3.05, 3.63) is 71.5 Å². The van der Waals surface area contributed by atoms with E-state index in [1.165, 1.54) is 0 Å². The molecule has 3 N–H and O–H groups in total. The highest BCUT2D eigenvalue weighted by Crippen LogP contribution is 2.36. The molecule has 0 spiro atoms. The summed E-state index contributed by atoms with van der Waals surface area (Å²) in [6, 6.07) is 12.1. The van der Waals surface area contributed by atoms with E-state index in [9.17, 15) is 14.7 Å². The third-order valence-electron chi connectivity index (χ3n) is 5.92. The van der Waals surface area contributed by atoms with Gasteiger partial charge in [0.25, 0.3) is 11.8 Å². The van der Waals surface area contributed by atoms with E-state index < -0.39 is 6.10 Å². The van der Waals surface area contributed by atoms with Gasteiger partial charge in [-0.25, -0.2) is 0 Å². The Labute approximate surface area is 197 Å². The summed E-state index contributed by atoms with van der Waals surface area (Å²) in [7, 11) is 3.13. The molecule has 0 aliphatic carbocycles. The first-order valence-electron chi connectivity index (χ1n) is 11.0. The van der Waals surface area contributed by atoms with Crippen molar-refractivity contribution >= 4 is 11.8 Å². The fourth-order valence-electron chi connectivity index (χ4n) is 4.24. The summed E-state index contributed by atoms with van der Waals surface area (Å²) in [5.41, 5.74) is 3.42. The quantitative estimate of drug-likeness (QED) is 0.441. The third-order valence-corrected chi connectivity index (χ3v) is 5.92. The Hall–Kier alpha value is -3.69. The van der Waals surface area contributed by atoms with Gasteiger partial charge in [-0.15, -0.1) is 0 Å². The van der Waals surface area contributed by atoms with E-state index in [2.05, 4.69) is 15.5 Å². The van der Waals surface area contributed by atoms with E-state index in [0.29, 0.717) is 36.4 Å². The number of aliphatic hydroxyl groups is 1. The zero-order valence-electron chi connectivity index (χ0n) is 19.2. The lowest BCUT2D eigenvalue weighted by Crippen LogP contribution is -2.32. The summed E-state index contributed by atoms with van der Waals surface area (Å²) in [5.74, 6) is 0.127. The summed E-state index contributed by atoms with van der Waals surface area (Å²) >= 11 is 0. The average molecular weight is 465 g/mol. The molecule has 2 unspecified atom stereocenters. The Morgan fingerprint density at radius 1 is 1.21 bits per heavy atom. The van der Waals surface area contributed by atoms with Crippen molar-refractivity contribution in [2.45, 2.75) is 18.6 Å². The number of nitrogens with one attached hydrogen (secondary N) is 2. The van der Waals surface area contributed by atoms with Crippen molar-refractivity contribution in [1.29, 1.82) is 0 Å². The molecule has 1 fully saturated rings. The molecule has 0 radical (unpaired) electrons. The van der Waals surface area contributed by atoms with Crippen molar-refractivity contribution in [3.8, 4) is 16.9 Å². The number of ether oxygens (including phenoxy) is 2. The number of carbonyl (C=O) groups excluding carboxylic acids is 2. The maximum absolute atomic E-state index is 13.5. The van der Waals surface area contributed by atoms with Crippen LogP contribution in [0.4, 0.5) is 0 Å². The van der Waals surface area contributed by atoms with Crippen molar-refractivity contribution in [2.75, 3.05) is 33.9 Å². The summed E-state index contributed by atoms with van der Waals surface area (Å²) in [6.45, 7) is 1.04. The van der Waals surface area contributed by atoms with Crippen LogP contribution in [0.3, 0.4) is 0 Å². The third kappa shape index (κ3) is 4.95. The molecule has 0 saturated carbocycles. The number of H-pyrrole nitrogens is 1. The number of aromatic amines is 1. The van der Waals surface area contributed by atoms with Crippen LogP contribution in [0.15, 0.2) is 54.9 Å². The zero-order chi connectivity index (χ0) is 24.1. The van der Waals surface area contributed by atoms with Gasteiger partial charge in [0.1, 0.15) is 5.75 Å². The van der Waals surface area contributed by atoms with Crippen molar-refractivity contribution in [1.82, 2.24) is 20.4 Å². The van der Waals surface area contributed by atoms with Crippen LogP contribution in [0.25, 0.3) is 11.1 Å². The molecule has 34 heavy (non-hydrogen) atoms. The summed E-state index contributed by atoms with van der Waals surface area (Å²) in [6.07, 6.45) is 3.18. The number of rotatable bonds is 8. The van der Waals surface area contributed by atoms with Gasteiger partial charge in [0.05, 0.1) is 32.1 Å². The van der Waals surface area contributed by atoms with Gasteiger partial charge in [0.15, 0.2) is 0 Å². The lowest BCUT2D eigenvalue weighted by atomic mass is 10.00. The topological polar surface area (TPSA) is 117 Å². The maximum Gasteiger partial charge on any atom is 0.254 e. The van der Waals surface area contributed by atoms with Crippen LogP contribution in [0.2, 0.25) is 0 Å². The first-order valence-corrected chi connectivity index (χ1v) is 11.0. The van der Waals surface area contributed by atoms with Crippen molar-refractivity contribution in [3.63, 3.8) is 0 Å². The molecular weight excluding hydrogens is 436 g/mol. The molecule has 2 amide bonds. The predicted molar refractivity (Wildman–Crippen MR) is 126 cm³/mol. The monoisotopic (exact) mass is 464 g/mol. The number of β-amino-alcohol motifs (C(OH)–C–C–N with tert-alkyl or cyclic N) is 1. The van der Waals surface area contributed by atoms with Gasteiger partial charge in [-0.3, -0.25) is 14.7 Å². The molecule has 1 saturated heterocycles. The zero-order valence-corrected chi connectivity index (χ0v) is 19.2. The normalized spacial score (nSPS) is 17.6. The molecule has 1 aromatic heterocycles. The number of aromatic nitrogens is 2. The van der Waals surface area contributed by atoms with E-state index in [0.717, 1.165) is 16.7 Å². The second-order valence-electron chi connectivity index (χ2n) is 8.14. The number of methoxy groups -OCH3 is 2. The highest BCUT2D eigenvalue weighted by atomic mass is 16.5. The molecule has 3 aromatic rings. The highest BCUT2D eigenvalue weighted by molar-refractivity contribution is 5.96. The van der Waals surface area contributed by atoms with Gasteiger partial charge in [-0.05, 0) is 42.3 Å². The Morgan fingerprint density at radius 2 is 2.06 bits per heavy atom. The minimum absolute atomic E-state index is 0.208. The van der Waals surface area contributed by atoms with Gasteiger partial charge in [0.2, 0.25) is 0 Å². The molecule has 0 bridgehead atoms. The predicted octanol–water partition coefficient (Wildman–Crippen LogP) is 2.41. The van der Waals surface area contributed by atoms with Gasteiger partial charge >= 0.3 is 0 Å². The number of hydrogen-bond acceptors (Lipinski definition) is 6. The smallest absolute Gasteiger partial charge is 0.254 e. The number of hydrogen-bond donors (Lipinski definition) is 3. The largest absolute Gasteiger partial charge is 0.496 e. The van der Waals surface area contributed by atoms with E-state index in [4.69, 9.17) is 9.47 Å². The van der Waals surface area contributed by atoms with Gasteiger partial charge in [0, 0.05) is 48.6 Å². The van der Waals surface area contributed by atoms with Crippen LogP contribution in [0.5, 0.6) is 5.75 Å². The molecule has 2 heterocycles. The number of carbonyl (C=O) groups is 2. The number of amides is 2. The number of aliphatic hydroxyl groups excluding tert-OH is 1. The summed E-state index contributed by atoms with van der Waals surface area (Å²) < 4.78 is 10.5. The highest BCUT2D eigenvalue weighted by Gasteiger charge is 2.36. The molecule has 9 nitrogen and oxygen atoms in total. The van der Waals surface area contributed by atoms with E-state index in [-0.39, 0.29) is 24.4 Å². The van der Waals surface area contributed by atoms with Crippen LogP contribution in [-0.4, -0.2) is 72.0 Å². The minimum atomic E-state index is -0.653. The molecule has 178 valence electrons. The van der Waals surface area contributed by atoms with Gasteiger partial charge in [-0.1, -0.05) is 12.1 Å². The molecule has 4 rings (SSSR count). The average Bonchev–Trinajstić information content (AvgIpc) is 3.53. The van der Waals surface area contributed by atoms with E-state index in [1.54, 1.807) is 61.8 Å². The van der Waals surface area contributed by atoms with Gasteiger partial charge in [-0.2, -0.15) is 5.10 Å². The second-order valence-corrected chi connectivity index (χ2v) is 8.14. The number of benzene rings is 2. The Bertz CT molecular complexity index is 1150. The summed E-state index contributed by atoms with van der Waals surface area (Å²) in [4.78, 5) is 27.6. The molecule has 2 atom stereocenters. The lowest BCUT2D eigenvalue weighted by molar-refractivity contribution is 0.0715. The van der Waals surface area contributed by atoms with E-state index in [1.807, 2.05) is 12.1 Å². The van der Waals surface area contributed by atoms with Crippen LogP contribution < -0.4 is 10.1 Å². The maximum atomic E-state index is 13.5. The number of nitrogens with zero attached hydrogens (tertiary/aromatic N) is 2. The Balaban J connectivity index is 1.58. The standard InChI is InChI=1S/C25H28N4O5/c1-33-9-8-26-24(31)17-5-3-4-16(10-17)22-12-20(30)15-29(22)25(32)18-6-7-21(23(11-18)34-2)19-13-27-28-14-19/h3-7,10-11,13-14,20,22,30H,8-9,12,15H2,1-2H3,(H,26,31)(H,27,28). The fraction of sp³-hybridized carbons (Fsp3) is 0.320. The molecule has 1 aliphatic rings. The molecule has 2 aromatic carbocycles. The summed E-state index contributed by atoms with van der Waals surface area (Å²) in [5, 5.41) is 19.9. The van der Waals surface area contributed by atoms with Crippen LogP contribution in [0.1, 0.15) is 38.7 Å². The van der Waals surface area contributed by atoms with Crippen LogP contribution in [0, 0.1) is 0 Å². The fourth-order valence-corrected chi connectivity index (χ4v) is 4.24. The second kappa shape index (κ2) is 10.5. The number of likely N-dealkylation sites (tertiary alicyclic amines) is 1. The first-order chi connectivity index (χ1) is 16.5. The molecule has 9 heteroatoms. The van der Waals surface area contributed by atoms with Crippen LogP contribution in [-0.2, 0) is 4.74 Å². The Kier molecular flexibility index (Phi) is 7.24. The van der Waals surface area contributed by atoms with Crippen molar-refractivity contribution in [2.24, 2.45) is 0 Å². The first kappa shape index (κ1) is 23.5. The van der Waals surface area contributed by atoms with Gasteiger partial charge < -0.3 is 24.8 Å². The Morgan fingerprint density at radius 3 is 2.79 bits per heavy atom. The SMILES string of the molecule is COCCNC(=O)c1cccc(C2CC(O)CN2C(=O)c2ccc(-c3cn[nH]c3)c(OC)c2)c1.